The smallest absolute Gasteiger partial charge is 0.340 e. The summed E-state index contributed by atoms with van der Waals surface area (Å²) in [7, 11) is -1.88. The number of anilines is 1. The zero-order valence-electron chi connectivity index (χ0n) is 15.1. The SMILES string of the molecule is CCOC(=O)c1cccc([Si](C(C)C)(C(C)C)C(C)C)c1N. The van der Waals surface area contributed by atoms with Gasteiger partial charge in [0.1, 0.15) is 0 Å². The minimum atomic E-state index is -1.88. The molecule has 0 saturated heterocycles. The lowest BCUT2D eigenvalue weighted by atomic mass is 10.2. The Morgan fingerprint density at radius 1 is 1.09 bits per heavy atom. The first kappa shape index (κ1) is 18.8. The maximum absolute atomic E-state index is 12.2. The van der Waals surface area contributed by atoms with Crippen molar-refractivity contribution in [2.24, 2.45) is 0 Å². The van der Waals surface area contributed by atoms with Crippen molar-refractivity contribution in [2.75, 3.05) is 12.3 Å². The number of para-hydroxylation sites is 1. The van der Waals surface area contributed by atoms with E-state index in [1.165, 1.54) is 5.19 Å². The predicted molar refractivity (Wildman–Crippen MR) is 97.5 cm³/mol. The maximum Gasteiger partial charge on any atom is 0.340 e. The largest absolute Gasteiger partial charge is 0.462 e. The van der Waals surface area contributed by atoms with Gasteiger partial charge in [-0.15, -0.1) is 0 Å². The topological polar surface area (TPSA) is 52.3 Å². The Kier molecular flexibility index (Phi) is 6.24. The van der Waals surface area contributed by atoms with Gasteiger partial charge in [-0.1, -0.05) is 53.7 Å². The van der Waals surface area contributed by atoms with Gasteiger partial charge >= 0.3 is 5.97 Å². The summed E-state index contributed by atoms with van der Waals surface area (Å²) in [5.41, 5.74) is 9.23. The Labute approximate surface area is 136 Å². The summed E-state index contributed by atoms with van der Waals surface area (Å²) in [6.07, 6.45) is 0. The Morgan fingerprint density at radius 2 is 1.59 bits per heavy atom. The molecular formula is C18H31NO2Si. The van der Waals surface area contributed by atoms with Crippen molar-refractivity contribution < 1.29 is 9.53 Å². The Bertz CT molecular complexity index is 502. The van der Waals surface area contributed by atoms with Crippen LogP contribution in [0.4, 0.5) is 5.69 Å². The first-order chi connectivity index (χ1) is 10.2. The van der Waals surface area contributed by atoms with E-state index in [0.717, 1.165) is 0 Å². The van der Waals surface area contributed by atoms with Gasteiger partial charge in [0.2, 0.25) is 0 Å². The van der Waals surface area contributed by atoms with Crippen molar-refractivity contribution in [3.63, 3.8) is 0 Å². The normalized spacial score (nSPS) is 12.3. The zero-order valence-corrected chi connectivity index (χ0v) is 16.1. The molecule has 0 fully saturated rings. The monoisotopic (exact) mass is 321 g/mol. The number of carbonyl (C=O) groups is 1. The first-order valence-electron chi connectivity index (χ1n) is 8.27. The zero-order chi connectivity index (χ0) is 17.1. The molecule has 0 aromatic heterocycles. The molecule has 3 nitrogen and oxygen atoms in total. The quantitative estimate of drug-likeness (QED) is 0.482. The second kappa shape index (κ2) is 7.31. The van der Waals surface area contributed by atoms with E-state index in [1.807, 2.05) is 13.0 Å². The summed E-state index contributed by atoms with van der Waals surface area (Å²) in [6, 6.07) is 5.86. The molecule has 0 aliphatic carbocycles. The lowest BCUT2D eigenvalue weighted by Gasteiger charge is -2.44. The van der Waals surface area contributed by atoms with E-state index < -0.39 is 8.07 Å². The van der Waals surface area contributed by atoms with Crippen LogP contribution in [-0.4, -0.2) is 20.7 Å². The number of rotatable bonds is 6. The van der Waals surface area contributed by atoms with Gasteiger partial charge < -0.3 is 10.5 Å². The summed E-state index contributed by atoms with van der Waals surface area (Å²) in [5.74, 6) is -0.319. The van der Waals surface area contributed by atoms with Crippen molar-refractivity contribution in [3.05, 3.63) is 23.8 Å². The molecular weight excluding hydrogens is 290 g/mol. The molecule has 4 heteroatoms. The highest BCUT2D eigenvalue weighted by atomic mass is 28.3. The lowest BCUT2D eigenvalue weighted by Crippen LogP contribution is -2.56. The van der Waals surface area contributed by atoms with Crippen molar-refractivity contribution in [3.8, 4) is 0 Å². The molecule has 1 aromatic rings. The van der Waals surface area contributed by atoms with Crippen LogP contribution in [0.25, 0.3) is 0 Å². The molecule has 22 heavy (non-hydrogen) atoms. The third kappa shape index (κ3) is 3.07. The van der Waals surface area contributed by atoms with Crippen LogP contribution in [0.3, 0.4) is 0 Å². The highest BCUT2D eigenvalue weighted by Crippen LogP contribution is 2.42. The number of hydrogen-bond donors (Lipinski definition) is 1. The van der Waals surface area contributed by atoms with Crippen molar-refractivity contribution in [1.29, 1.82) is 0 Å². The average molecular weight is 322 g/mol. The van der Waals surface area contributed by atoms with Crippen LogP contribution >= 0.6 is 0 Å². The van der Waals surface area contributed by atoms with Crippen LogP contribution < -0.4 is 10.9 Å². The van der Waals surface area contributed by atoms with E-state index in [0.29, 0.717) is 34.5 Å². The summed E-state index contributed by atoms with van der Waals surface area (Å²) in [4.78, 5) is 12.2. The van der Waals surface area contributed by atoms with Crippen molar-refractivity contribution >= 4 is 24.9 Å². The van der Waals surface area contributed by atoms with E-state index in [4.69, 9.17) is 10.5 Å². The molecule has 1 aromatic carbocycles. The fourth-order valence-electron chi connectivity index (χ4n) is 4.26. The van der Waals surface area contributed by atoms with Crippen LogP contribution in [0.15, 0.2) is 18.2 Å². The van der Waals surface area contributed by atoms with Gasteiger partial charge in [0.05, 0.1) is 20.2 Å². The molecule has 0 atom stereocenters. The van der Waals surface area contributed by atoms with E-state index >= 15 is 0 Å². The van der Waals surface area contributed by atoms with Gasteiger partial charge in [0.25, 0.3) is 0 Å². The number of nitrogens with two attached hydrogens (primary N) is 1. The number of ether oxygens (including phenoxy) is 1. The van der Waals surface area contributed by atoms with Crippen molar-refractivity contribution in [2.45, 2.75) is 65.1 Å². The van der Waals surface area contributed by atoms with Gasteiger partial charge in [-0.05, 0) is 34.8 Å². The Hall–Kier alpha value is -1.29. The third-order valence-electron chi connectivity index (χ3n) is 4.93. The molecule has 1 rings (SSSR count). The maximum atomic E-state index is 12.2. The summed E-state index contributed by atoms with van der Waals surface area (Å²) < 4.78 is 5.15. The molecule has 0 aliphatic heterocycles. The number of benzene rings is 1. The molecule has 0 bridgehead atoms. The lowest BCUT2D eigenvalue weighted by molar-refractivity contribution is 0.0527. The van der Waals surface area contributed by atoms with E-state index in [9.17, 15) is 4.79 Å². The highest BCUT2D eigenvalue weighted by Gasteiger charge is 2.45. The molecule has 0 unspecified atom stereocenters. The minimum absolute atomic E-state index is 0.319. The van der Waals surface area contributed by atoms with Gasteiger partial charge in [0.15, 0.2) is 0 Å². The van der Waals surface area contributed by atoms with Crippen LogP contribution in [-0.2, 0) is 4.74 Å². The molecule has 0 amide bonds. The van der Waals surface area contributed by atoms with Crippen LogP contribution in [0.1, 0.15) is 58.8 Å². The Balaban J connectivity index is 3.58. The fraction of sp³-hybridized carbons (Fsp3) is 0.611. The number of carbonyl (C=O) groups excluding carboxylic acids is 1. The first-order valence-corrected chi connectivity index (χ1v) is 10.5. The number of nitrogen functional groups attached to an aromatic ring is 1. The van der Waals surface area contributed by atoms with Crippen LogP contribution in [0.5, 0.6) is 0 Å². The highest BCUT2D eigenvalue weighted by molar-refractivity contribution is 6.96. The fourth-order valence-corrected chi connectivity index (χ4v) is 11.1. The Morgan fingerprint density at radius 3 is 2.00 bits per heavy atom. The van der Waals surface area contributed by atoms with E-state index in [1.54, 1.807) is 6.07 Å². The standard InChI is InChI=1S/C18H31NO2Si/c1-8-21-18(20)15-10-9-11-16(17(15)19)22(12(2)3,13(4)5)14(6)7/h9-14H,8,19H2,1-7H3. The molecule has 2 N–H and O–H groups in total. The van der Waals surface area contributed by atoms with E-state index in [-0.39, 0.29) is 5.97 Å². The summed E-state index contributed by atoms with van der Waals surface area (Å²) >= 11 is 0. The molecule has 124 valence electrons. The van der Waals surface area contributed by atoms with Gasteiger partial charge in [-0.3, -0.25) is 0 Å². The number of hydrogen-bond acceptors (Lipinski definition) is 3. The molecule has 0 saturated carbocycles. The van der Waals surface area contributed by atoms with Gasteiger partial charge in [-0.25, -0.2) is 4.79 Å². The summed E-state index contributed by atoms with van der Waals surface area (Å²) in [5, 5.41) is 1.21. The molecule has 0 aliphatic rings. The second-order valence-corrected chi connectivity index (χ2v) is 12.8. The van der Waals surface area contributed by atoms with Gasteiger partial charge in [-0.2, -0.15) is 0 Å². The minimum Gasteiger partial charge on any atom is -0.462 e. The van der Waals surface area contributed by atoms with Crippen LogP contribution in [0, 0.1) is 0 Å². The second-order valence-electron chi connectivity index (χ2n) is 6.88. The molecule has 0 radical (unpaired) electrons. The third-order valence-corrected chi connectivity index (χ3v) is 12.0. The summed E-state index contributed by atoms with van der Waals surface area (Å²) in [6.45, 7) is 15.9. The van der Waals surface area contributed by atoms with E-state index in [2.05, 4.69) is 47.6 Å². The number of esters is 1. The van der Waals surface area contributed by atoms with Gasteiger partial charge in [0, 0.05) is 5.69 Å². The van der Waals surface area contributed by atoms with Crippen molar-refractivity contribution in [1.82, 2.24) is 0 Å². The average Bonchev–Trinajstić information content (AvgIpc) is 2.40. The molecule has 0 heterocycles. The van der Waals surface area contributed by atoms with Crippen LogP contribution in [0.2, 0.25) is 16.6 Å². The predicted octanol–water partition coefficient (Wildman–Crippen LogP) is 4.33. The molecule has 0 spiro atoms.